The third-order valence-corrected chi connectivity index (χ3v) is 3.60. The van der Waals surface area contributed by atoms with Crippen LogP contribution in [0, 0.1) is 0 Å². The molecule has 102 valence electrons. The Bertz CT molecular complexity index is 646. The summed E-state index contributed by atoms with van der Waals surface area (Å²) in [6.45, 7) is 0. The van der Waals surface area contributed by atoms with Gasteiger partial charge in [-0.1, -0.05) is 35.3 Å². The molecule has 0 aliphatic carbocycles. The van der Waals surface area contributed by atoms with Crippen molar-refractivity contribution < 1.29 is 9.53 Å². The molecule has 2 aromatic rings. The average Bonchev–Trinajstić information content (AvgIpc) is 2.48. The summed E-state index contributed by atoms with van der Waals surface area (Å²) in [5, 5.41) is 0.902. The highest BCUT2D eigenvalue weighted by molar-refractivity contribution is 6.42. The maximum Gasteiger partial charge on any atom is 0.185 e. The van der Waals surface area contributed by atoms with E-state index in [2.05, 4.69) is 0 Å². The summed E-state index contributed by atoms with van der Waals surface area (Å²) in [6, 6.07) is 12.2. The number of methoxy groups -OCH3 is 1. The van der Waals surface area contributed by atoms with Crippen molar-refractivity contribution in [1.82, 2.24) is 0 Å². The lowest BCUT2D eigenvalue weighted by Crippen LogP contribution is -1.94. The first-order valence-corrected chi connectivity index (χ1v) is 6.68. The summed E-state index contributed by atoms with van der Waals surface area (Å²) >= 11 is 12.0. The third kappa shape index (κ3) is 3.41. The maximum atomic E-state index is 12.0. The van der Waals surface area contributed by atoms with Crippen LogP contribution >= 0.6 is 23.2 Å². The zero-order chi connectivity index (χ0) is 14.5. The molecule has 20 heavy (non-hydrogen) atoms. The molecule has 0 aliphatic rings. The molecule has 0 heterocycles. The number of carbonyl (C=O) groups excluding carboxylic acids is 1. The summed E-state index contributed by atoms with van der Waals surface area (Å²) in [5.74, 6) is 0.604. The van der Waals surface area contributed by atoms with Gasteiger partial charge in [-0.3, -0.25) is 4.79 Å². The molecule has 0 bridgehead atoms. The van der Waals surface area contributed by atoms with Gasteiger partial charge < -0.3 is 4.74 Å². The van der Waals surface area contributed by atoms with E-state index in [0.29, 0.717) is 26.9 Å². The quantitative estimate of drug-likeness (QED) is 0.593. The topological polar surface area (TPSA) is 26.3 Å². The molecule has 0 aromatic heterocycles. The van der Waals surface area contributed by atoms with Crippen LogP contribution in [0.1, 0.15) is 15.9 Å². The van der Waals surface area contributed by atoms with E-state index in [9.17, 15) is 4.79 Å². The highest BCUT2D eigenvalue weighted by atomic mass is 35.5. The van der Waals surface area contributed by atoms with Gasteiger partial charge in [0.1, 0.15) is 5.75 Å². The summed E-state index contributed by atoms with van der Waals surface area (Å²) in [4.78, 5) is 12.0. The molecule has 2 aromatic carbocycles. The van der Waals surface area contributed by atoms with E-state index >= 15 is 0 Å². The molecule has 0 spiro atoms. The van der Waals surface area contributed by atoms with Crippen molar-refractivity contribution in [2.24, 2.45) is 0 Å². The number of benzene rings is 2. The molecule has 0 amide bonds. The average molecular weight is 307 g/mol. The van der Waals surface area contributed by atoms with E-state index in [1.165, 1.54) is 6.08 Å². The predicted octanol–water partition coefficient (Wildman–Crippen LogP) is 4.90. The SMILES string of the molecule is COc1ccc(C(=O)C=Cc2cccc(Cl)c2Cl)cc1. The van der Waals surface area contributed by atoms with Crippen LogP contribution < -0.4 is 4.74 Å². The minimum atomic E-state index is -0.108. The molecule has 0 radical (unpaired) electrons. The van der Waals surface area contributed by atoms with Gasteiger partial charge in [0.2, 0.25) is 0 Å². The molecule has 0 unspecified atom stereocenters. The van der Waals surface area contributed by atoms with Gasteiger partial charge >= 0.3 is 0 Å². The van der Waals surface area contributed by atoms with Crippen molar-refractivity contribution in [2.75, 3.05) is 7.11 Å². The normalized spacial score (nSPS) is 10.8. The molecule has 0 saturated carbocycles. The standard InChI is InChI=1S/C16H12Cl2O2/c1-20-13-8-5-11(6-9-13)15(19)10-7-12-3-2-4-14(17)16(12)18/h2-10H,1H3. The molecule has 0 saturated heterocycles. The molecular formula is C16H12Cl2O2. The van der Waals surface area contributed by atoms with Crippen molar-refractivity contribution in [3.05, 3.63) is 69.7 Å². The Morgan fingerprint density at radius 1 is 1.10 bits per heavy atom. The third-order valence-electron chi connectivity index (χ3n) is 2.77. The summed E-state index contributed by atoms with van der Waals surface area (Å²) in [7, 11) is 1.58. The molecule has 4 heteroatoms. The second-order valence-corrected chi connectivity index (χ2v) is 4.85. The highest BCUT2D eigenvalue weighted by Gasteiger charge is 2.04. The van der Waals surface area contributed by atoms with E-state index in [0.717, 1.165) is 0 Å². The van der Waals surface area contributed by atoms with Gasteiger partial charge in [-0.2, -0.15) is 0 Å². The molecule has 0 aliphatic heterocycles. The van der Waals surface area contributed by atoms with Gasteiger partial charge in [0, 0.05) is 5.56 Å². The Kier molecular flexibility index (Phi) is 4.83. The number of carbonyl (C=O) groups is 1. The van der Waals surface area contributed by atoms with Crippen LogP contribution in [0.15, 0.2) is 48.5 Å². The molecular weight excluding hydrogens is 295 g/mol. The Balaban J connectivity index is 2.18. The second-order valence-electron chi connectivity index (χ2n) is 4.07. The highest BCUT2D eigenvalue weighted by Crippen LogP contribution is 2.26. The van der Waals surface area contributed by atoms with Crippen LogP contribution in [-0.4, -0.2) is 12.9 Å². The Hall–Kier alpha value is -1.77. The van der Waals surface area contributed by atoms with Gasteiger partial charge in [0.25, 0.3) is 0 Å². The van der Waals surface area contributed by atoms with Crippen molar-refractivity contribution in [1.29, 1.82) is 0 Å². The monoisotopic (exact) mass is 306 g/mol. The van der Waals surface area contributed by atoms with Gasteiger partial charge in [0.15, 0.2) is 5.78 Å². The zero-order valence-electron chi connectivity index (χ0n) is 10.8. The molecule has 0 atom stereocenters. The van der Waals surface area contributed by atoms with Crippen molar-refractivity contribution in [3.8, 4) is 5.75 Å². The lowest BCUT2D eigenvalue weighted by molar-refractivity contribution is 0.104. The predicted molar refractivity (Wildman–Crippen MR) is 82.8 cm³/mol. The first kappa shape index (κ1) is 14.6. The van der Waals surface area contributed by atoms with E-state index in [-0.39, 0.29) is 5.78 Å². The minimum absolute atomic E-state index is 0.108. The van der Waals surface area contributed by atoms with E-state index in [4.69, 9.17) is 27.9 Å². The van der Waals surface area contributed by atoms with Gasteiger partial charge in [-0.25, -0.2) is 0 Å². The van der Waals surface area contributed by atoms with Crippen LogP contribution in [0.5, 0.6) is 5.75 Å². The number of ketones is 1. The Labute approximate surface area is 127 Å². The zero-order valence-corrected chi connectivity index (χ0v) is 12.3. The molecule has 0 fully saturated rings. The molecule has 0 N–H and O–H groups in total. The summed E-state index contributed by atoms with van der Waals surface area (Å²) in [6.07, 6.45) is 3.13. The Morgan fingerprint density at radius 3 is 2.45 bits per heavy atom. The van der Waals surface area contributed by atoms with Crippen molar-refractivity contribution in [3.63, 3.8) is 0 Å². The number of hydrogen-bond acceptors (Lipinski definition) is 2. The number of hydrogen-bond donors (Lipinski definition) is 0. The van der Waals surface area contributed by atoms with E-state index in [1.807, 2.05) is 0 Å². The fraction of sp³-hybridized carbons (Fsp3) is 0.0625. The fourth-order valence-corrected chi connectivity index (χ4v) is 2.04. The number of halogens is 2. The van der Waals surface area contributed by atoms with Crippen LogP contribution in [0.4, 0.5) is 0 Å². The van der Waals surface area contributed by atoms with Crippen LogP contribution in [0.3, 0.4) is 0 Å². The lowest BCUT2D eigenvalue weighted by atomic mass is 10.1. The molecule has 2 rings (SSSR count). The van der Waals surface area contributed by atoms with Gasteiger partial charge in [0.05, 0.1) is 17.2 Å². The summed E-state index contributed by atoms with van der Waals surface area (Å²) < 4.78 is 5.05. The first-order chi connectivity index (χ1) is 9.61. The fourth-order valence-electron chi connectivity index (χ4n) is 1.67. The van der Waals surface area contributed by atoms with E-state index < -0.39 is 0 Å². The van der Waals surface area contributed by atoms with Crippen LogP contribution in [0.2, 0.25) is 10.0 Å². The first-order valence-electron chi connectivity index (χ1n) is 5.92. The Morgan fingerprint density at radius 2 is 1.80 bits per heavy atom. The number of allylic oxidation sites excluding steroid dienone is 1. The van der Waals surface area contributed by atoms with Crippen molar-refractivity contribution >= 4 is 35.1 Å². The van der Waals surface area contributed by atoms with Crippen molar-refractivity contribution in [2.45, 2.75) is 0 Å². The molecule has 2 nitrogen and oxygen atoms in total. The number of rotatable bonds is 4. The van der Waals surface area contributed by atoms with Gasteiger partial charge in [-0.05, 0) is 48.0 Å². The van der Waals surface area contributed by atoms with Crippen LogP contribution in [0.25, 0.3) is 6.08 Å². The lowest BCUT2D eigenvalue weighted by Gasteiger charge is -2.01. The van der Waals surface area contributed by atoms with Crippen LogP contribution in [-0.2, 0) is 0 Å². The number of ether oxygens (including phenoxy) is 1. The maximum absolute atomic E-state index is 12.0. The summed E-state index contributed by atoms with van der Waals surface area (Å²) in [5.41, 5.74) is 1.29. The second kappa shape index (κ2) is 6.60. The van der Waals surface area contributed by atoms with Gasteiger partial charge in [-0.15, -0.1) is 0 Å². The van der Waals surface area contributed by atoms with E-state index in [1.54, 1.807) is 55.7 Å². The minimum Gasteiger partial charge on any atom is -0.497 e. The largest absolute Gasteiger partial charge is 0.497 e. The smallest absolute Gasteiger partial charge is 0.185 e.